The minimum atomic E-state index is 0.0838. The van der Waals surface area contributed by atoms with Gasteiger partial charge in [-0.05, 0) is 32.9 Å². The average Bonchev–Trinajstić information content (AvgIpc) is 2.46. The summed E-state index contributed by atoms with van der Waals surface area (Å²) in [5.41, 5.74) is 1.12. The summed E-state index contributed by atoms with van der Waals surface area (Å²) in [5, 5.41) is 2.94. The van der Waals surface area contributed by atoms with Gasteiger partial charge in [0.2, 0.25) is 0 Å². The first-order valence-corrected chi connectivity index (χ1v) is 8.49. The number of likely N-dealkylation sites (N-methyl/N-ethyl adjacent to an activating group) is 1. The van der Waals surface area contributed by atoms with Crippen molar-refractivity contribution in [2.75, 3.05) is 26.3 Å². The van der Waals surface area contributed by atoms with E-state index in [2.05, 4.69) is 28.2 Å². The van der Waals surface area contributed by atoms with Crippen LogP contribution in [0.2, 0.25) is 0 Å². The van der Waals surface area contributed by atoms with Gasteiger partial charge in [0.1, 0.15) is 19.8 Å². The van der Waals surface area contributed by atoms with Crippen LogP contribution in [0.3, 0.4) is 0 Å². The zero-order chi connectivity index (χ0) is 16.1. The number of hydrogen-bond donors (Lipinski definition) is 2. The summed E-state index contributed by atoms with van der Waals surface area (Å²) < 4.78 is 12.2. The third-order valence-corrected chi connectivity index (χ3v) is 4.25. The van der Waals surface area contributed by atoms with Crippen LogP contribution in [-0.2, 0) is 11.3 Å². The van der Waals surface area contributed by atoms with Gasteiger partial charge in [-0.25, -0.2) is 0 Å². The van der Waals surface area contributed by atoms with Crippen molar-refractivity contribution in [2.24, 2.45) is 0 Å². The van der Waals surface area contributed by atoms with E-state index in [1.54, 1.807) is 0 Å². The molecule has 0 saturated heterocycles. The summed E-state index contributed by atoms with van der Waals surface area (Å²) >= 11 is 3.59. The van der Waals surface area contributed by atoms with E-state index >= 15 is 0 Å². The molecular formula is C16H24BrN2O3+. The predicted octanol–water partition coefficient (Wildman–Crippen LogP) is 1.15. The number of amides is 1. The fourth-order valence-corrected chi connectivity index (χ4v) is 2.89. The van der Waals surface area contributed by atoms with Gasteiger partial charge in [-0.3, -0.25) is 4.79 Å². The van der Waals surface area contributed by atoms with Crippen LogP contribution in [0.4, 0.5) is 0 Å². The molecule has 1 amide bonds. The molecule has 1 aromatic rings. The zero-order valence-corrected chi connectivity index (χ0v) is 15.0. The molecule has 1 atom stereocenters. The molecule has 0 saturated carbocycles. The second-order valence-electron chi connectivity index (χ2n) is 5.77. The number of carbonyl (C=O) groups is 1. The Hall–Kier alpha value is -1.27. The first kappa shape index (κ1) is 17.1. The third kappa shape index (κ3) is 4.61. The fraction of sp³-hybridized carbons (Fsp3) is 0.562. The second kappa shape index (κ2) is 7.83. The first-order valence-electron chi connectivity index (χ1n) is 7.70. The van der Waals surface area contributed by atoms with Gasteiger partial charge in [-0.1, -0.05) is 15.9 Å². The highest BCUT2D eigenvalue weighted by atomic mass is 79.9. The van der Waals surface area contributed by atoms with Gasteiger partial charge in [0, 0.05) is 16.1 Å². The van der Waals surface area contributed by atoms with Crippen LogP contribution < -0.4 is 19.7 Å². The largest absolute Gasteiger partial charge is 0.486 e. The molecule has 122 valence electrons. The van der Waals surface area contributed by atoms with Gasteiger partial charge in [-0.2, -0.15) is 0 Å². The molecule has 0 fully saturated rings. The van der Waals surface area contributed by atoms with E-state index in [-0.39, 0.29) is 11.9 Å². The number of ether oxygens (including phenoxy) is 2. The number of fused-ring (bicyclic) bond motifs is 1. The van der Waals surface area contributed by atoms with Gasteiger partial charge in [0.05, 0.1) is 6.54 Å². The number of quaternary nitrogens is 1. The molecule has 0 spiro atoms. The Bertz CT molecular complexity index is 534. The van der Waals surface area contributed by atoms with Gasteiger partial charge in [0.15, 0.2) is 18.0 Å². The summed E-state index contributed by atoms with van der Waals surface area (Å²) in [6.45, 7) is 9.31. The van der Waals surface area contributed by atoms with Crippen molar-refractivity contribution in [3.8, 4) is 11.5 Å². The lowest BCUT2D eigenvalue weighted by Gasteiger charge is -2.22. The van der Waals surface area contributed by atoms with E-state index in [9.17, 15) is 4.79 Å². The molecule has 2 rings (SSSR count). The average molecular weight is 372 g/mol. The maximum absolute atomic E-state index is 11.9. The molecule has 1 aliphatic rings. The predicted molar refractivity (Wildman–Crippen MR) is 88.5 cm³/mol. The van der Waals surface area contributed by atoms with E-state index in [1.165, 1.54) is 4.90 Å². The van der Waals surface area contributed by atoms with E-state index < -0.39 is 0 Å². The highest BCUT2D eigenvalue weighted by molar-refractivity contribution is 9.10. The number of rotatable bonds is 6. The Balaban J connectivity index is 2.05. The summed E-state index contributed by atoms with van der Waals surface area (Å²) in [6.07, 6.45) is 0. The monoisotopic (exact) mass is 371 g/mol. The maximum atomic E-state index is 11.9. The van der Waals surface area contributed by atoms with Gasteiger partial charge < -0.3 is 19.7 Å². The lowest BCUT2D eigenvalue weighted by molar-refractivity contribution is -0.904. The number of carbonyl (C=O) groups excluding carboxylic acids is 1. The van der Waals surface area contributed by atoms with Crippen LogP contribution in [0.25, 0.3) is 0 Å². The lowest BCUT2D eigenvalue weighted by Crippen LogP contribution is -3.11. The molecule has 1 aromatic carbocycles. The van der Waals surface area contributed by atoms with E-state index in [4.69, 9.17) is 9.47 Å². The molecular weight excluding hydrogens is 348 g/mol. The van der Waals surface area contributed by atoms with Crippen molar-refractivity contribution in [1.82, 2.24) is 5.32 Å². The number of benzene rings is 1. The number of nitrogens with one attached hydrogen (secondary N) is 2. The molecule has 0 aromatic heterocycles. The quantitative estimate of drug-likeness (QED) is 0.788. The Labute approximate surface area is 140 Å². The van der Waals surface area contributed by atoms with Gasteiger partial charge in [-0.15, -0.1) is 0 Å². The number of halogens is 1. The Kier molecular flexibility index (Phi) is 6.08. The Morgan fingerprint density at radius 2 is 1.95 bits per heavy atom. The second-order valence-corrected chi connectivity index (χ2v) is 6.62. The fourth-order valence-electron chi connectivity index (χ4n) is 2.42. The minimum Gasteiger partial charge on any atom is -0.486 e. The van der Waals surface area contributed by atoms with E-state index in [0.29, 0.717) is 19.8 Å². The molecule has 6 heteroatoms. The molecule has 22 heavy (non-hydrogen) atoms. The molecule has 2 N–H and O–H groups in total. The minimum absolute atomic E-state index is 0.0838. The van der Waals surface area contributed by atoms with Crippen LogP contribution in [-0.4, -0.2) is 38.3 Å². The maximum Gasteiger partial charge on any atom is 0.275 e. The Morgan fingerprint density at radius 3 is 2.55 bits per heavy atom. The Morgan fingerprint density at radius 1 is 1.32 bits per heavy atom. The smallest absolute Gasteiger partial charge is 0.275 e. The van der Waals surface area contributed by atoms with Crippen LogP contribution in [0, 0.1) is 0 Å². The molecule has 1 unspecified atom stereocenters. The van der Waals surface area contributed by atoms with E-state index in [0.717, 1.165) is 34.6 Å². The van der Waals surface area contributed by atoms with Crippen molar-refractivity contribution in [2.45, 2.75) is 33.4 Å². The van der Waals surface area contributed by atoms with Crippen molar-refractivity contribution in [1.29, 1.82) is 0 Å². The highest BCUT2D eigenvalue weighted by Crippen LogP contribution is 2.35. The molecule has 5 nitrogen and oxygen atoms in total. The standard InChI is InChI=1S/C16H23BrN2O3/c1-4-19(10-16(20)18-11(2)3)9-12-7-14-15(8-13(12)17)22-6-5-21-14/h7-8,11H,4-6,9-10H2,1-3H3,(H,18,20)/p+1. The third-order valence-electron chi connectivity index (χ3n) is 3.51. The molecule has 1 aliphatic heterocycles. The first-order chi connectivity index (χ1) is 10.5. The van der Waals surface area contributed by atoms with Crippen molar-refractivity contribution >= 4 is 21.8 Å². The summed E-state index contributed by atoms with van der Waals surface area (Å²) in [4.78, 5) is 13.1. The van der Waals surface area contributed by atoms with Crippen LogP contribution in [0.15, 0.2) is 16.6 Å². The van der Waals surface area contributed by atoms with Crippen LogP contribution in [0.5, 0.6) is 11.5 Å². The highest BCUT2D eigenvalue weighted by Gasteiger charge is 2.19. The normalized spacial score (nSPS) is 14.8. The summed E-state index contributed by atoms with van der Waals surface area (Å²) in [7, 11) is 0. The molecule has 0 bridgehead atoms. The molecule has 0 aliphatic carbocycles. The summed E-state index contributed by atoms with van der Waals surface area (Å²) in [5.74, 6) is 1.64. The van der Waals surface area contributed by atoms with Crippen LogP contribution >= 0.6 is 15.9 Å². The summed E-state index contributed by atoms with van der Waals surface area (Å²) in [6, 6.07) is 4.13. The lowest BCUT2D eigenvalue weighted by atomic mass is 10.1. The van der Waals surface area contributed by atoms with Crippen molar-refractivity contribution in [3.05, 3.63) is 22.2 Å². The number of hydrogen-bond acceptors (Lipinski definition) is 3. The SMILES string of the molecule is CC[NH+](CC(=O)NC(C)C)Cc1cc2c(cc1Br)OCCO2. The van der Waals surface area contributed by atoms with Crippen LogP contribution in [0.1, 0.15) is 26.3 Å². The van der Waals surface area contributed by atoms with E-state index in [1.807, 2.05) is 26.0 Å². The molecule has 0 radical (unpaired) electrons. The van der Waals surface area contributed by atoms with Crippen molar-refractivity contribution in [3.63, 3.8) is 0 Å². The van der Waals surface area contributed by atoms with Gasteiger partial charge >= 0.3 is 0 Å². The van der Waals surface area contributed by atoms with Crippen molar-refractivity contribution < 1.29 is 19.2 Å². The zero-order valence-electron chi connectivity index (χ0n) is 13.4. The van der Waals surface area contributed by atoms with Gasteiger partial charge in [0.25, 0.3) is 5.91 Å². The topological polar surface area (TPSA) is 52.0 Å². The molecule has 1 heterocycles.